The molecular formula is C33H43N3O4S. The van der Waals surface area contributed by atoms with Crippen molar-refractivity contribution in [1.82, 2.24) is 10.2 Å². The predicted molar refractivity (Wildman–Crippen MR) is 165 cm³/mol. The fourth-order valence-corrected chi connectivity index (χ4v) is 6.15. The van der Waals surface area contributed by atoms with E-state index >= 15 is 0 Å². The summed E-state index contributed by atoms with van der Waals surface area (Å²) >= 11 is 0. The molecule has 2 atom stereocenters. The standard InChI is InChI=1S/C33H43N3O4S/c1-7-27(6)34-33(38)30(8-2)35(21-20-28-12-10-9-11-13-28)32(37)23-36(31-22-25(4)14-17-26(31)5)41(39,40)29-18-15-24(3)16-19-29/h9-19,22,27,30H,7-8,20-21,23H2,1-6H3,(H,34,38). The van der Waals surface area contributed by atoms with E-state index < -0.39 is 28.5 Å². The van der Waals surface area contributed by atoms with Gasteiger partial charge in [-0.1, -0.05) is 74.0 Å². The zero-order valence-corrected chi connectivity index (χ0v) is 25.9. The molecule has 0 aliphatic heterocycles. The van der Waals surface area contributed by atoms with Crippen molar-refractivity contribution in [2.75, 3.05) is 17.4 Å². The van der Waals surface area contributed by atoms with E-state index in [1.165, 1.54) is 4.31 Å². The lowest BCUT2D eigenvalue weighted by atomic mass is 10.1. The summed E-state index contributed by atoms with van der Waals surface area (Å²) in [6.45, 7) is 11.2. The van der Waals surface area contributed by atoms with Crippen LogP contribution in [-0.2, 0) is 26.0 Å². The van der Waals surface area contributed by atoms with Gasteiger partial charge in [0.15, 0.2) is 0 Å². The number of aryl methyl sites for hydroxylation is 3. The molecule has 0 bridgehead atoms. The van der Waals surface area contributed by atoms with Crippen molar-refractivity contribution in [3.63, 3.8) is 0 Å². The van der Waals surface area contributed by atoms with Crippen LogP contribution >= 0.6 is 0 Å². The maximum atomic E-state index is 14.2. The first-order chi connectivity index (χ1) is 19.5. The van der Waals surface area contributed by atoms with Crippen LogP contribution in [-0.4, -0.2) is 50.3 Å². The minimum atomic E-state index is -4.10. The Kier molecular flexibility index (Phi) is 11.1. The minimum absolute atomic E-state index is 0.0454. The van der Waals surface area contributed by atoms with E-state index in [0.717, 1.165) is 28.7 Å². The molecule has 0 radical (unpaired) electrons. The lowest BCUT2D eigenvalue weighted by Gasteiger charge is -2.34. The first-order valence-corrected chi connectivity index (χ1v) is 15.7. The molecule has 0 saturated heterocycles. The maximum Gasteiger partial charge on any atom is 0.264 e. The highest BCUT2D eigenvalue weighted by molar-refractivity contribution is 7.92. The van der Waals surface area contributed by atoms with Crippen LogP contribution in [0.1, 0.15) is 55.9 Å². The Hall–Kier alpha value is -3.65. The highest BCUT2D eigenvalue weighted by Gasteiger charge is 2.34. The Morgan fingerprint density at radius 3 is 2.10 bits per heavy atom. The fraction of sp³-hybridized carbons (Fsp3) is 0.394. The van der Waals surface area contributed by atoms with Gasteiger partial charge in [0.25, 0.3) is 10.0 Å². The van der Waals surface area contributed by atoms with Gasteiger partial charge in [-0.2, -0.15) is 0 Å². The molecule has 0 heterocycles. The lowest BCUT2D eigenvalue weighted by Crippen LogP contribution is -2.54. The zero-order chi connectivity index (χ0) is 30.2. The number of anilines is 1. The van der Waals surface area contributed by atoms with Crippen LogP contribution in [0.2, 0.25) is 0 Å². The molecular weight excluding hydrogens is 534 g/mol. The molecule has 220 valence electrons. The van der Waals surface area contributed by atoms with E-state index in [9.17, 15) is 18.0 Å². The van der Waals surface area contributed by atoms with E-state index in [2.05, 4.69) is 5.32 Å². The molecule has 2 amide bonds. The van der Waals surface area contributed by atoms with Crippen molar-refractivity contribution in [2.24, 2.45) is 0 Å². The molecule has 3 aromatic carbocycles. The van der Waals surface area contributed by atoms with Crippen LogP contribution < -0.4 is 9.62 Å². The number of carbonyl (C=O) groups is 2. The fourth-order valence-electron chi connectivity index (χ4n) is 4.68. The molecule has 0 fully saturated rings. The first kappa shape index (κ1) is 31.9. The van der Waals surface area contributed by atoms with Gasteiger partial charge >= 0.3 is 0 Å². The topological polar surface area (TPSA) is 86.8 Å². The second kappa shape index (κ2) is 14.3. The van der Waals surface area contributed by atoms with Gasteiger partial charge in [0, 0.05) is 12.6 Å². The predicted octanol–water partition coefficient (Wildman–Crippen LogP) is 5.57. The van der Waals surface area contributed by atoms with Gasteiger partial charge in [0.2, 0.25) is 11.8 Å². The van der Waals surface area contributed by atoms with Gasteiger partial charge in [-0.15, -0.1) is 0 Å². The quantitative estimate of drug-likeness (QED) is 0.288. The number of rotatable bonds is 13. The van der Waals surface area contributed by atoms with E-state index in [1.54, 1.807) is 35.2 Å². The molecule has 0 saturated carbocycles. The van der Waals surface area contributed by atoms with Crippen LogP contribution in [0.15, 0.2) is 77.7 Å². The Labute approximate surface area is 245 Å². The van der Waals surface area contributed by atoms with Crippen molar-refractivity contribution in [1.29, 1.82) is 0 Å². The molecule has 41 heavy (non-hydrogen) atoms. The van der Waals surface area contributed by atoms with E-state index in [0.29, 0.717) is 18.5 Å². The molecule has 0 spiro atoms. The number of sulfonamides is 1. The Bertz CT molecular complexity index is 1420. The second-order valence-electron chi connectivity index (χ2n) is 10.7. The summed E-state index contributed by atoms with van der Waals surface area (Å²) in [5, 5.41) is 3.01. The van der Waals surface area contributed by atoms with Gasteiger partial charge in [0.05, 0.1) is 10.6 Å². The molecule has 0 aliphatic carbocycles. The van der Waals surface area contributed by atoms with Crippen molar-refractivity contribution in [2.45, 2.75) is 77.8 Å². The Balaban J connectivity index is 2.05. The number of hydrogen-bond acceptors (Lipinski definition) is 4. The van der Waals surface area contributed by atoms with Crippen LogP contribution in [0.3, 0.4) is 0 Å². The number of nitrogens with one attached hydrogen (secondary N) is 1. The average molecular weight is 578 g/mol. The molecule has 3 aromatic rings. The Morgan fingerprint density at radius 1 is 0.854 bits per heavy atom. The molecule has 0 aromatic heterocycles. The zero-order valence-electron chi connectivity index (χ0n) is 25.1. The molecule has 3 rings (SSSR count). The summed E-state index contributed by atoms with van der Waals surface area (Å²) in [5.41, 5.74) is 4.02. The summed E-state index contributed by atoms with van der Waals surface area (Å²) < 4.78 is 29.3. The van der Waals surface area contributed by atoms with Crippen molar-refractivity contribution in [3.8, 4) is 0 Å². The number of amides is 2. The van der Waals surface area contributed by atoms with Crippen LogP contribution in [0.4, 0.5) is 5.69 Å². The summed E-state index contributed by atoms with van der Waals surface area (Å²) in [5.74, 6) is -0.661. The molecule has 8 heteroatoms. The first-order valence-electron chi connectivity index (χ1n) is 14.3. The van der Waals surface area contributed by atoms with E-state index in [-0.39, 0.29) is 23.4 Å². The van der Waals surface area contributed by atoms with Crippen molar-refractivity contribution < 1.29 is 18.0 Å². The number of hydrogen-bond donors (Lipinski definition) is 1. The number of carbonyl (C=O) groups excluding carboxylic acids is 2. The van der Waals surface area contributed by atoms with Crippen LogP contribution in [0.25, 0.3) is 0 Å². The number of nitrogens with zero attached hydrogens (tertiary/aromatic N) is 2. The highest BCUT2D eigenvalue weighted by atomic mass is 32.2. The second-order valence-corrected chi connectivity index (χ2v) is 12.5. The monoisotopic (exact) mass is 577 g/mol. The number of benzene rings is 3. The van der Waals surface area contributed by atoms with Gasteiger partial charge in [-0.25, -0.2) is 8.42 Å². The normalized spacial score (nSPS) is 12.8. The van der Waals surface area contributed by atoms with Gasteiger partial charge < -0.3 is 10.2 Å². The van der Waals surface area contributed by atoms with E-state index in [4.69, 9.17) is 0 Å². The average Bonchev–Trinajstić information content (AvgIpc) is 2.95. The van der Waals surface area contributed by atoms with E-state index in [1.807, 2.05) is 84.0 Å². The minimum Gasteiger partial charge on any atom is -0.352 e. The summed E-state index contributed by atoms with van der Waals surface area (Å²) in [6, 6.07) is 21.2. The van der Waals surface area contributed by atoms with Gasteiger partial charge in [-0.05, 0) is 81.8 Å². The molecule has 7 nitrogen and oxygen atoms in total. The molecule has 0 aliphatic rings. The summed E-state index contributed by atoms with van der Waals surface area (Å²) in [6.07, 6.45) is 1.69. The summed E-state index contributed by atoms with van der Waals surface area (Å²) in [7, 11) is -4.10. The van der Waals surface area contributed by atoms with Crippen LogP contribution in [0, 0.1) is 20.8 Å². The smallest absolute Gasteiger partial charge is 0.264 e. The third-order valence-corrected chi connectivity index (χ3v) is 9.17. The molecule has 2 unspecified atom stereocenters. The largest absolute Gasteiger partial charge is 0.352 e. The third kappa shape index (κ3) is 8.19. The Morgan fingerprint density at radius 2 is 1.49 bits per heavy atom. The van der Waals surface area contributed by atoms with Crippen LogP contribution in [0.5, 0.6) is 0 Å². The van der Waals surface area contributed by atoms with Crippen molar-refractivity contribution in [3.05, 3.63) is 95.1 Å². The molecule has 1 N–H and O–H groups in total. The SMILES string of the molecule is CCC(C)NC(=O)C(CC)N(CCc1ccccc1)C(=O)CN(c1cc(C)ccc1C)S(=O)(=O)c1ccc(C)cc1. The summed E-state index contributed by atoms with van der Waals surface area (Å²) in [4.78, 5) is 29.2. The maximum absolute atomic E-state index is 14.2. The lowest BCUT2D eigenvalue weighted by molar-refractivity contribution is -0.139. The van der Waals surface area contributed by atoms with Gasteiger partial charge in [0.1, 0.15) is 12.6 Å². The van der Waals surface area contributed by atoms with Gasteiger partial charge in [-0.3, -0.25) is 13.9 Å². The third-order valence-electron chi connectivity index (χ3n) is 7.39. The highest BCUT2D eigenvalue weighted by Crippen LogP contribution is 2.28. The van der Waals surface area contributed by atoms with Crippen molar-refractivity contribution >= 4 is 27.5 Å².